The molecule has 3 aromatic rings. The van der Waals surface area contributed by atoms with Crippen molar-refractivity contribution in [1.29, 1.82) is 0 Å². The Morgan fingerprint density at radius 3 is 2.11 bits per heavy atom. The third-order valence-electron chi connectivity index (χ3n) is 3.86. The first-order chi connectivity index (χ1) is 13.3. The van der Waals surface area contributed by atoms with Crippen LogP contribution in [0.4, 0.5) is 30.2 Å². The van der Waals surface area contributed by atoms with E-state index < -0.39 is 29.8 Å². The van der Waals surface area contributed by atoms with Crippen LogP contribution in [0, 0.1) is 0 Å². The number of anilines is 3. The zero-order chi connectivity index (χ0) is 20.1. The second kappa shape index (κ2) is 7.99. The molecule has 0 radical (unpaired) electrons. The fourth-order valence-electron chi connectivity index (χ4n) is 2.50. The van der Waals surface area contributed by atoms with Crippen molar-refractivity contribution < 1.29 is 18.0 Å². The predicted molar refractivity (Wildman–Crippen MR) is 101 cm³/mol. The normalized spacial score (nSPS) is 11.1. The molecule has 5 nitrogen and oxygen atoms in total. The number of benzene rings is 2. The van der Waals surface area contributed by atoms with Crippen LogP contribution in [0.15, 0.2) is 77.7 Å². The molecule has 28 heavy (non-hydrogen) atoms. The summed E-state index contributed by atoms with van der Waals surface area (Å²) in [7, 11) is 0. The number of aromatic nitrogens is 1. The van der Waals surface area contributed by atoms with Gasteiger partial charge in [0.05, 0.1) is 5.56 Å². The van der Waals surface area contributed by atoms with Gasteiger partial charge in [-0.15, -0.1) is 0 Å². The number of nitrogens with zero attached hydrogens (tertiary/aromatic N) is 1. The highest BCUT2D eigenvalue weighted by molar-refractivity contribution is 5.90. The van der Waals surface area contributed by atoms with Crippen LogP contribution >= 0.6 is 0 Å². The zero-order valence-corrected chi connectivity index (χ0v) is 14.5. The van der Waals surface area contributed by atoms with E-state index >= 15 is 0 Å². The van der Waals surface area contributed by atoms with Gasteiger partial charge in [0.25, 0.3) is 5.56 Å². The van der Waals surface area contributed by atoms with Crippen molar-refractivity contribution >= 4 is 23.0 Å². The maximum atomic E-state index is 12.8. The molecule has 0 unspecified atom stereocenters. The standard InChI is InChI=1S/C20H16F3N3O2/c21-20(22,23)14-6-11-19(28)26(12-14)13-18(27)25-17-9-7-16(8-10-17)24-15-4-2-1-3-5-15/h1-12,24H,13H2,(H,25,27). The number of amides is 1. The Kier molecular flexibility index (Phi) is 5.49. The number of pyridine rings is 1. The van der Waals surface area contributed by atoms with Crippen molar-refractivity contribution in [3.63, 3.8) is 0 Å². The summed E-state index contributed by atoms with van der Waals surface area (Å²) < 4.78 is 39.0. The number of carbonyl (C=O) groups excluding carboxylic acids is 1. The van der Waals surface area contributed by atoms with Gasteiger partial charge in [-0.1, -0.05) is 18.2 Å². The molecule has 0 saturated heterocycles. The van der Waals surface area contributed by atoms with Gasteiger partial charge in [0.2, 0.25) is 5.91 Å². The molecular weight excluding hydrogens is 371 g/mol. The van der Waals surface area contributed by atoms with Crippen molar-refractivity contribution in [2.24, 2.45) is 0 Å². The number of hydrogen-bond acceptors (Lipinski definition) is 3. The first kappa shape index (κ1) is 19.2. The van der Waals surface area contributed by atoms with Crippen LogP contribution in [0.3, 0.4) is 0 Å². The van der Waals surface area contributed by atoms with Gasteiger partial charge in [0, 0.05) is 29.3 Å². The maximum Gasteiger partial charge on any atom is 0.417 e. The molecule has 0 aliphatic heterocycles. The summed E-state index contributed by atoms with van der Waals surface area (Å²) >= 11 is 0. The lowest BCUT2D eigenvalue weighted by atomic mass is 10.2. The third-order valence-corrected chi connectivity index (χ3v) is 3.86. The molecule has 0 saturated carbocycles. The molecular formula is C20H16F3N3O2. The van der Waals surface area contributed by atoms with E-state index in [4.69, 9.17) is 0 Å². The number of hydrogen-bond donors (Lipinski definition) is 2. The number of alkyl halides is 3. The number of halogens is 3. The molecule has 0 aliphatic carbocycles. The summed E-state index contributed by atoms with van der Waals surface area (Å²) in [6.07, 6.45) is -3.96. The highest BCUT2D eigenvalue weighted by atomic mass is 19.4. The van der Waals surface area contributed by atoms with Crippen molar-refractivity contribution in [3.8, 4) is 0 Å². The quantitative estimate of drug-likeness (QED) is 0.688. The SMILES string of the molecule is O=C(Cn1cc(C(F)(F)F)ccc1=O)Nc1ccc(Nc2ccccc2)cc1. The van der Waals surface area contributed by atoms with E-state index in [0.717, 1.165) is 22.0 Å². The summed E-state index contributed by atoms with van der Waals surface area (Å²) in [4.78, 5) is 23.8. The first-order valence-corrected chi connectivity index (χ1v) is 8.31. The molecule has 1 aromatic heterocycles. The van der Waals surface area contributed by atoms with Crippen LogP contribution in [0.25, 0.3) is 0 Å². The summed E-state index contributed by atoms with van der Waals surface area (Å²) in [5.74, 6) is -0.606. The van der Waals surface area contributed by atoms with E-state index in [2.05, 4.69) is 10.6 Å². The molecule has 0 bridgehead atoms. The van der Waals surface area contributed by atoms with Gasteiger partial charge in [-0.25, -0.2) is 0 Å². The Hall–Kier alpha value is -3.55. The molecule has 2 N–H and O–H groups in total. The molecule has 3 rings (SSSR count). The summed E-state index contributed by atoms with van der Waals surface area (Å²) in [6, 6.07) is 17.8. The van der Waals surface area contributed by atoms with Gasteiger partial charge in [0.1, 0.15) is 6.54 Å². The Morgan fingerprint density at radius 2 is 1.46 bits per heavy atom. The minimum atomic E-state index is -4.59. The Labute approximate surface area is 158 Å². The van der Waals surface area contributed by atoms with E-state index in [1.807, 2.05) is 30.3 Å². The van der Waals surface area contributed by atoms with Crippen molar-refractivity contribution in [3.05, 3.63) is 88.8 Å². The Morgan fingerprint density at radius 1 is 0.857 bits per heavy atom. The minimum absolute atomic E-state index is 0.462. The average Bonchev–Trinajstić information content (AvgIpc) is 2.65. The van der Waals surface area contributed by atoms with Gasteiger partial charge in [-0.3, -0.25) is 9.59 Å². The number of para-hydroxylation sites is 1. The Balaban J connectivity index is 1.64. The van der Waals surface area contributed by atoms with Gasteiger partial charge >= 0.3 is 6.18 Å². The van der Waals surface area contributed by atoms with E-state index in [0.29, 0.717) is 18.0 Å². The molecule has 8 heteroatoms. The number of rotatable bonds is 5. The van der Waals surface area contributed by atoms with Gasteiger partial charge in [-0.05, 0) is 42.5 Å². The molecule has 1 amide bonds. The lowest BCUT2D eigenvalue weighted by Gasteiger charge is -2.11. The van der Waals surface area contributed by atoms with Crippen LogP contribution in [0.2, 0.25) is 0 Å². The van der Waals surface area contributed by atoms with Crippen LogP contribution in [-0.4, -0.2) is 10.5 Å². The monoisotopic (exact) mass is 387 g/mol. The second-order valence-electron chi connectivity index (χ2n) is 6.00. The Bertz CT molecular complexity index is 1010. The van der Waals surface area contributed by atoms with Gasteiger partial charge in [0.15, 0.2) is 0 Å². The molecule has 0 aliphatic rings. The summed E-state index contributed by atoms with van der Waals surface area (Å²) in [5, 5.41) is 5.75. The molecule has 1 heterocycles. The van der Waals surface area contributed by atoms with Gasteiger partial charge in [-0.2, -0.15) is 13.2 Å². The topological polar surface area (TPSA) is 63.1 Å². The fraction of sp³-hybridized carbons (Fsp3) is 0.100. The zero-order valence-electron chi connectivity index (χ0n) is 14.5. The highest BCUT2D eigenvalue weighted by Crippen LogP contribution is 2.28. The van der Waals surface area contributed by atoms with Crippen LogP contribution < -0.4 is 16.2 Å². The smallest absolute Gasteiger partial charge is 0.356 e. The van der Waals surface area contributed by atoms with E-state index in [9.17, 15) is 22.8 Å². The first-order valence-electron chi connectivity index (χ1n) is 8.31. The predicted octanol–water partition coefficient (Wildman–Crippen LogP) is 4.25. The summed E-state index contributed by atoms with van der Waals surface area (Å²) in [6.45, 7) is -0.521. The third kappa shape index (κ3) is 5.00. The average molecular weight is 387 g/mol. The number of carbonyl (C=O) groups is 1. The summed E-state index contributed by atoms with van der Waals surface area (Å²) in [5.41, 5.74) is 0.493. The second-order valence-corrected chi connectivity index (χ2v) is 6.00. The van der Waals surface area contributed by atoms with Gasteiger partial charge < -0.3 is 15.2 Å². The van der Waals surface area contributed by atoms with Crippen LogP contribution in [0.1, 0.15) is 5.56 Å². The highest BCUT2D eigenvalue weighted by Gasteiger charge is 2.31. The largest absolute Gasteiger partial charge is 0.417 e. The number of nitrogens with one attached hydrogen (secondary N) is 2. The van der Waals surface area contributed by atoms with Crippen molar-refractivity contribution in [2.75, 3.05) is 10.6 Å². The van der Waals surface area contributed by atoms with Crippen molar-refractivity contribution in [2.45, 2.75) is 12.7 Å². The van der Waals surface area contributed by atoms with Crippen LogP contribution in [0.5, 0.6) is 0 Å². The lowest BCUT2D eigenvalue weighted by molar-refractivity contribution is -0.138. The van der Waals surface area contributed by atoms with E-state index in [1.54, 1.807) is 24.3 Å². The van der Waals surface area contributed by atoms with E-state index in [-0.39, 0.29) is 0 Å². The molecule has 2 aromatic carbocycles. The molecule has 0 fully saturated rings. The molecule has 0 atom stereocenters. The molecule has 144 valence electrons. The van der Waals surface area contributed by atoms with E-state index in [1.165, 1.54) is 0 Å². The maximum absolute atomic E-state index is 12.8. The molecule has 0 spiro atoms. The minimum Gasteiger partial charge on any atom is -0.356 e. The van der Waals surface area contributed by atoms with Crippen molar-refractivity contribution in [1.82, 2.24) is 4.57 Å². The van der Waals surface area contributed by atoms with Crippen LogP contribution in [-0.2, 0) is 17.5 Å². The lowest BCUT2D eigenvalue weighted by Crippen LogP contribution is -2.28. The fourth-order valence-corrected chi connectivity index (χ4v) is 2.50.